The first-order chi connectivity index (χ1) is 6.81. The highest BCUT2D eigenvalue weighted by Gasteiger charge is 2.05. The predicted octanol–water partition coefficient (Wildman–Crippen LogP) is 2.16. The maximum atomic E-state index is 4.47. The van der Waals surface area contributed by atoms with E-state index in [9.17, 15) is 0 Å². The Labute approximate surface area is 90.3 Å². The molecular formula is C10H19N3S. The van der Waals surface area contributed by atoms with Crippen molar-refractivity contribution in [2.24, 2.45) is 0 Å². The smallest absolute Gasteiger partial charge is 0.150 e. The van der Waals surface area contributed by atoms with Crippen LogP contribution in [0.15, 0.2) is 0 Å². The van der Waals surface area contributed by atoms with E-state index in [1.807, 2.05) is 11.8 Å². The second-order valence-corrected chi connectivity index (χ2v) is 4.21. The van der Waals surface area contributed by atoms with Crippen LogP contribution in [-0.2, 0) is 19.4 Å². The Kier molecular flexibility index (Phi) is 5.01. The molecule has 0 spiro atoms. The average Bonchev–Trinajstić information content (AvgIpc) is 2.61. The normalized spacial score (nSPS) is 10.8. The Hall–Kier alpha value is -0.510. The lowest BCUT2D eigenvalue weighted by molar-refractivity contribution is 0.571. The highest BCUT2D eigenvalue weighted by Crippen LogP contribution is 2.04. The number of thioether (sulfide) groups is 1. The average molecular weight is 213 g/mol. The number of rotatable bonds is 6. The van der Waals surface area contributed by atoms with Crippen molar-refractivity contribution in [1.82, 2.24) is 14.8 Å². The van der Waals surface area contributed by atoms with Crippen molar-refractivity contribution in [3.05, 3.63) is 11.6 Å². The maximum absolute atomic E-state index is 4.47. The molecular weight excluding hydrogens is 194 g/mol. The summed E-state index contributed by atoms with van der Waals surface area (Å²) in [5.41, 5.74) is 0. The minimum atomic E-state index is 0.933. The molecule has 0 aliphatic rings. The summed E-state index contributed by atoms with van der Waals surface area (Å²) in [6.07, 6.45) is 5.23. The summed E-state index contributed by atoms with van der Waals surface area (Å²) in [6, 6.07) is 0. The van der Waals surface area contributed by atoms with Crippen LogP contribution in [0.4, 0.5) is 0 Å². The van der Waals surface area contributed by atoms with Gasteiger partial charge in [0.1, 0.15) is 5.82 Å². The van der Waals surface area contributed by atoms with Crippen molar-refractivity contribution < 1.29 is 0 Å². The van der Waals surface area contributed by atoms with Gasteiger partial charge in [0.15, 0.2) is 5.82 Å². The number of aromatic nitrogens is 3. The molecule has 0 bridgehead atoms. The molecule has 0 aromatic carbocycles. The summed E-state index contributed by atoms with van der Waals surface area (Å²) in [5.74, 6) is 3.30. The fourth-order valence-corrected chi connectivity index (χ4v) is 1.79. The molecule has 0 aliphatic carbocycles. The Balaban J connectivity index is 2.59. The van der Waals surface area contributed by atoms with Crippen LogP contribution in [0.3, 0.4) is 0 Å². The molecule has 0 saturated heterocycles. The van der Waals surface area contributed by atoms with Crippen LogP contribution in [0.5, 0.6) is 0 Å². The number of hydrogen-bond donors (Lipinski definition) is 0. The van der Waals surface area contributed by atoms with Gasteiger partial charge in [-0.3, -0.25) is 0 Å². The van der Waals surface area contributed by atoms with Gasteiger partial charge < -0.3 is 0 Å². The predicted molar refractivity (Wildman–Crippen MR) is 61.8 cm³/mol. The first-order valence-electron chi connectivity index (χ1n) is 5.23. The quantitative estimate of drug-likeness (QED) is 0.678. The van der Waals surface area contributed by atoms with Gasteiger partial charge in [-0.15, -0.1) is 0 Å². The maximum Gasteiger partial charge on any atom is 0.150 e. The highest BCUT2D eigenvalue weighted by molar-refractivity contribution is 7.98. The Morgan fingerprint density at radius 1 is 1.29 bits per heavy atom. The van der Waals surface area contributed by atoms with Crippen molar-refractivity contribution in [3.63, 3.8) is 0 Å². The van der Waals surface area contributed by atoms with E-state index in [1.54, 1.807) is 0 Å². The van der Waals surface area contributed by atoms with Gasteiger partial charge in [0.2, 0.25) is 0 Å². The summed E-state index contributed by atoms with van der Waals surface area (Å²) in [4.78, 5) is 4.47. The third-order valence-corrected chi connectivity index (χ3v) is 2.84. The number of hydrogen-bond acceptors (Lipinski definition) is 3. The van der Waals surface area contributed by atoms with E-state index < -0.39 is 0 Å². The highest BCUT2D eigenvalue weighted by atomic mass is 32.2. The molecule has 14 heavy (non-hydrogen) atoms. The van der Waals surface area contributed by atoms with Crippen molar-refractivity contribution in [2.75, 3.05) is 12.0 Å². The van der Waals surface area contributed by atoms with Crippen molar-refractivity contribution in [2.45, 2.75) is 39.7 Å². The van der Waals surface area contributed by atoms with E-state index in [0.29, 0.717) is 0 Å². The summed E-state index contributed by atoms with van der Waals surface area (Å²) in [5, 5.41) is 4.47. The van der Waals surface area contributed by atoms with Crippen LogP contribution in [0.2, 0.25) is 0 Å². The molecule has 1 heterocycles. The summed E-state index contributed by atoms with van der Waals surface area (Å²) in [6.45, 7) is 5.24. The number of nitrogens with zero attached hydrogens (tertiary/aromatic N) is 3. The van der Waals surface area contributed by atoms with Gasteiger partial charge in [-0.1, -0.05) is 13.8 Å². The van der Waals surface area contributed by atoms with E-state index in [1.165, 1.54) is 12.2 Å². The fourth-order valence-electron chi connectivity index (χ4n) is 1.38. The van der Waals surface area contributed by atoms with Gasteiger partial charge in [-0.25, -0.2) is 9.67 Å². The Morgan fingerprint density at radius 3 is 2.64 bits per heavy atom. The molecule has 0 radical (unpaired) electrons. The van der Waals surface area contributed by atoms with Crippen LogP contribution in [0, 0.1) is 0 Å². The molecule has 0 N–H and O–H groups in total. The molecule has 1 aromatic rings. The lowest BCUT2D eigenvalue weighted by atomic mass is 10.4. The fraction of sp³-hybridized carbons (Fsp3) is 0.800. The minimum Gasteiger partial charge on any atom is -0.250 e. The number of aryl methyl sites for hydroxylation is 3. The molecule has 0 amide bonds. The zero-order valence-electron chi connectivity index (χ0n) is 9.29. The van der Waals surface area contributed by atoms with Crippen molar-refractivity contribution in [1.29, 1.82) is 0 Å². The Morgan fingerprint density at radius 2 is 2.07 bits per heavy atom. The lowest BCUT2D eigenvalue weighted by Crippen LogP contribution is -2.05. The van der Waals surface area contributed by atoms with E-state index >= 15 is 0 Å². The first-order valence-corrected chi connectivity index (χ1v) is 6.62. The topological polar surface area (TPSA) is 30.7 Å². The molecule has 0 saturated carbocycles. The second-order valence-electron chi connectivity index (χ2n) is 3.22. The van der Waals surface area contributed by atoms with Crippen LogP contribution in [0.25, 0.3) is 0 Å². The molecule has 0 unspecified atom stereocenters. The molecule has 0 fully saturated rings. The molecule has 4 heteroatoms. The minimum absolute atomic E-state index is 0.933. The van der Waals surface area contributed by atoms with Gasteiger partial charge in [-0.05, 0) is 18.4 Å². The van der Waals surface area contributed by atoms with Gasteiger partial charge in [0, 0.05) is 19.4 Å². The lowest BCUT2D eigenvalue weighted by Gasteiger charge is -2.02. The third kappa shape index (κ3) is 3.01. The van der Waals surface area contributed by atoms with E-state index in [4.69, 9.17) is 0 Å². The van der Waals surface area contributed by atoms with Crippen LogP contribution >= 0.6 is 11.8 Å². The molecule has 80 valence electrons. The van der Waals surface area contributed by atoms with E-state index in [-0.39, 0.29) is 0 Å². The molecule has 3 nitrogen and oxygen atoms in total. The largest absolute Gasteiger partial charge is 0.250 e. The van der Waals surface area contributed by atoms with Gasteiger partial charge in [0.05, 0.1) is 0 Å². The molecule has 1 aromatic heterocycles. The zero-order valence-corrected chi connectivity index (χ0v) is 10.1. The monoisotopic (exact) mass is 213 g/mol. The van der Waals surface area contributed by atoms with Crippen LogP contribution in [-0.4, -0.2) is 26.8 Å². The molecule has 1 rings (SSSR count). The summed E-state index contributed by atoms with van der Waals surface area (Å²) in [7, 11) is 0. The van der Waals surface area contributed by atoms with Crippen molar-refractivity contribution in [3.8, 4) is 0 Å². The Bertz CT molecular complexity index is 270. The molecule has 0 atom stereocenters. The van der Waals surface area contributed by atoms with Crippen molar-refractivity contribution >= 4 is 11.8 Å². The first kappa shape index (κ1) is 11.6. The zero-order chi connectivity index (χ0) is 10.4. The van der Waals surface area contributed by atoms with Gasteiger partial charge >= 0.3 is 0 Å². The molecule has 0 aliphatic heterocycles. The van der Waals surface area contributed by atoms with Crippen LogP contribution in [0.1, 0.15) is 31.9 Å². The van der Waals surface area contributed by atoms with E-state index in [0.717, 1.165) is 31.0 Å². The van der Waals surface area contributed by atoms with Gasteiger partial charge in [0.25, 0.3) is 0 Å². The summed E-state index contributed by atoms with van der Waals surface area (Å²) < 4.78 is 2.06. The third-order valence-electron chi connectivity index (χ3n) is 2.14. The second kappa shape index (κ2) is 6.06. The van der Waals surface area contributed by atoms with Crippen LogP contribution < -0.4 is 0 Å². The van der Waals surface area contributed by atoms with Gasteiger partial charge in [-0.2, -0.15) is 16.9 Å². The SMILES string of the molecule is CCc1nc(CC)n(CCCSC)n1. The summed E-state index contributed by atoms with van der Waals surface area (Å²) >= 11 is 1.89. The standard InChI is InChI=1S/C10H19N3S/c1-4-9-11-10(5-2)13(12-9)7-6-8-14-3/h4-8H2,1-3H3. The van der Waals surface area contributed by atoms with E-state index in [2.05, 4.69) is 34.9 Å².